The third-order valence-corrected chi connectivity index (χ3v) is 2.92. The highest BCUT2D eigenvalue weighted by Crippen LogP contribution is 2.24. The molecule has 0 spiro atoms. The summed E-state index contributed by atoms with van der Waals surface area (Å²) in [6.07, 6.45) is 0. The van der Waals surface area contributed by atoms with E-state index in [-0.39, 0.29) is 5.91 Å². The summed E-state index contributed by atoms with van der Waals surface area (Å²) in [6.45, 7) is 2.51. The third kappa shape index (κ3) is 2.91. The van der Waals surface area contributed by atoms with E-state index in [4.69, 9.17) is 10.2 Å². The Labute approximate surface area is 103 Å². The summed E-state index contributed by atoms with van der Waals surface area (Å²) in [5, 5.41) is 3.19. The van der Waals surface area contributed by atoms with Crippen LogP contribution in [0.1, 0.15) is 6.92 Å². The normalized spacial score (nSPS) is 10.6. The minimum atomic E-state index is -0.0285. The van der Waals surface area contributed by atoms with E-state index < -0.39 is 0 Å². The molecule has 0 aliphatic heterocycles. The average molecular weight is 251 g/mol. The highest BCUT2D eigenvalue weighted by Gasteiger charge is 2.08. The van der Waals surface area contributed by atoms with Gasteiger partial charge in [-0.25, -0.2) is 4.98 Å². The molecule has 0 atom stereocenters. The Morgan fingerprint density at radius 3 is 3.18 bits per heavy atom. The molecule has 1 heterocycles. The molecule has 0 saturated heterocycles. The van der Waals surface area contributed by atoms with Crippen LogP contribution >= 0.6 is 11.8 Å². The van der Waals surface area contributed by atoms with Gasteiger partial charge in [0, 0.05) is 18.3 Å². The van der Waals surface area contributed by atoms with Gasteiger partial charge in [0.1, 0.15) is 5.52 Å². The lowest BCUT2D eigenvalue weighted by molar-refractivity contribution is -0.118. The number of fused-ring (bicyclic) bond motifs is 1. The summed E-state index contributed by atoms with van der Waals surface area (Å²) < 4.78 is 5.47. The lowest BCUT2D eigenvalue weighted by atomic mass is 10.3. The van der Waals surface area contributed by atoms with E-state index >= 15 is 0 Å². The van der Waals surface area contributed by atoms with Crippen molar-refractivity contribution in [1.82, 2.24) is 10.3 Å². The molecule has 1 aromatic heterocycles. The first-order valence-corrected chi connectivity index (χ1v) is 6.23. The molecule has 5 nitrogen and oxygen atoms in total. The smallest absolute Gasteiger partial charge is 0.257 e. The van der Waals surface area contributed by atoms with Crippen LogP contribution in [0, 0.1) is 0 Å². The number of carbonyl (C=O) groups is 1. The molecule has 0 unspecified atom stereocenters. The lowest BCUT2D eigenvalue weighted by Crippen LogP contribution is -2.24. The predicted molar refractivity (Wildman–Crippen MR) is 67.8 cm³/mol. The van der Waals surface area contributed by atoms with E-state index in [2.05, 4.69) is 10.3 Å². The zero-order valence-corrected chi connectivity index (χ0v) is 10.2. The van der Waals surface area contributed by atoms with E-state index in [1.54, 1.807) is 18.2 Å². The minimum Gasteiger partial charge on any atom is -0.431 e. The maximum absolute atomic E-state index is 11.3. The molecule has 0 bridgehead atoms. The number of nitrogen functional groups attached to an aromatic ring is 1. The summed E-state index contributed by atoms with van der Waals surface area (Å²) >= 11 is 1.27. The SMILES string of the molecule is CCNC(=O)CSc1nc2ccc(N)cc2o1. The van der Waals surface area contributed by atoms with Crippen LogP contribution in [-0.4, -0.2) is 23.2 Å². The molecule has 17 heavy (non-hydrogen) atoms. The van der Waals surface area contributed by atoms with Gasteiger partial charge < -0.3 is 15.5 Å². The number of thioether (sulfide) groups is 1. The minimum absolute atomic E-state index is 0.0285. The molecule has 0 radical (unpaired) electrons. The first-order chi connectivity index (χ1) is 8.19. The molecule has 1 amide bonds. The van der Waals surface area contributed by atoms with Gasteiger partial charge in [0.05, 0.1) is 5.75 Å². The molecule has 6 heteroatoms. The quantitative estimate of drug-likeness (QED) is 0.637. The monoisotopic (exact) mass is 251 g/mol. The summed E-state index contributed by atoms with van der Waals surface area (Å²) in [4.78, 5) is 15.5. The number of amides is 1. The van der Waals surface area contributed by atoms with Crippen LogP contribution in [0.5, 0.6) is 0 Å². The van der Waals surface area contributed by atoms with Crippen LogP contribution in [0.3, 0.4) is 0 Å². The Bertz CT molecular complexity index is 538. The number of nitrogens with two attached hydrogens (primary N) is 1. The second kappa shape index (κ2) is 5.09. The first-order valence-electron chi connectivity index (χ1n) is 5.24. The van der Waals surface area contributed by atoms with E-state index in [9.17, 15) is 4.79 Å². The number of anilines is 1. The van der Waals surface area contributed by atoms with Gasteiger partial charge in [-0.05, 0) is 19.1 Å². The van der Waals surface area contributed by atoms with Gasteiger partial charge in [0.2, 0.25) is 5.91 Å². The lowest BCUT2D eigenvalue weighted by Gasteiger charge is -1.98. The van der Waals surface area contributed by atoms with Crippen molar-refractivity contribution < 1.29 is 9.21 Å². The maximum Gasteiger partial charge on any atom is 0.257 e. The van der Waals surface area contributed by atoms with Crippen LogP contribution in [0.15, 0.2) is 27.8 Å². The second-order valence-corrected chi connectivity index (χ2v) is 4.38. The molecule has 1 aromatic carbocycles. The maximum atomic E-state index is 11.3. The summed E-state index contributed by atoms with van der Waals surface area (Å²) in [5.74, 6) is 0.273. The Hall–Kier alpha value is -1.69. The fourth-order valence-corrected chi connectivity index (χ4v) is 2.03. The Morgan fingerprint density at radius 2 is 2.41 bits per heavy atom. The van der Waals surface area contributed by atoms with Gasteiger partial charge in [-0.1, -0.05) is 11.8 Å². The standard InChI is InChI=1S/C11H13N3O2S/c1-2-13-10(15)6-17-11-14-8-4-3-7(12)5-9(8)16-11/h3-5H,2,6,12H2,1H3,(H,13,15). The zero-order chi connectivity index (χ0) is 12.3. The number of hydrogen-bond acceptors (Lipinski definition) is 5. The molecule has 0 fully saturated rings. The van der Waals surface area contributed by atoms with Gasteiger partial charge in [-0.15, -0.1) is 0 Å². The van der Waals surface area contributed by atoms with Gasteiger partial charge in [0.15, 0.2) is 5.58 Å². The Kier molecular flexibility index (Phi) is 3.53. The number of nitrogens with one attached hydrogen (secondary N) is 1. The molecule has 0 aliphatic rings. The molecule has 2 rings (SSSR count). The van der Waals surface area contributed by atoms with Crippen molar-refractivity contribution in [3.63, 3.8) is 0 Å². The van der Waals surface area contributed by atoms with E-state index in [1.165, 1.54) is 11.8 Å². The van der Waals surface area contributed by atoms with Gasteiger partial charge in [-0.2, -0.15) is 0 Å². The van der Waals surface area contributed by atoms with Gasteiger partial charge in [0.25, 0.3) is 5.22 Å². The van der Waals surface area contributed by atoms with Gasteiger partial charge >= 0.3 is 0 Å². The Balaban J connectivity index is 2.07. The van der Waals surface area contributed by atoms with Crippen molar-refractivity contribution >= 4 is 34.5 Å². The fraction of sp³-hybridized carbons (Fsp3) is 0.273. The van der Waals surface area contributed by atoms with Crippen molar-refractivity contribution in [2.24, 2.45) is 0 Å². The van der Waals surface area contributed by atoms with E-state index in [1.807, 2.05) is 6.92 Å². The molecule has 0 aliphatic carbocycles. The topological polar surface area (TPSA) is 81.2 Å². The number of oxazole rings is 1. The summed E-state index contributed by atoms with van der Waals surface area (Å²) in [7, 11) is 0. The predicted octanol–water partition coefficient (Wildman–Crippen LogP) is 1.64. The van der Waals surface area contributed by atoms with Crippen LogP contribution in [0.25, 0.3) is 11.1 Å². The first kappa shape index (κ1) is 11.8. The largest absolute Gasteiger partial charge is 0.431 e. The molecule has 3 N–H and O–H groups in total. The fourth-order valence-electron chi connectivity index (χ4n) is 1.36. The number of nitrogens with zero attached hydrogens (tertiary/aromatic N) is 1. The number of aromatic nitrogens is 1. The summed E-state index contributed by atoms with van der Waals surface area (Å²) in [6, 6.07) is 5.28. The van der Waals surface area contributed by atoms with Crippen molar-refractivity contribution in [2.75, 3.05) is 18.0 Å². The highest BCUT2D eigenvalue weighted by molar-refractivity contribution is 7.99. The van der Waals surface area contributed by atoms with Crippen LogP contribution < -0.4 is 11.1 Å². The summed E-state index contributed by atoms with van der Waals surface area (Å²) in [5.41, 5.74) is 7.66. The van der Waals surface area contributed by atoms with Crippen molar-refractivity contribution in [3.05, 3.63) is 18.2 Å². The molecular formula is C11H13N3O2S. The number of rotatable bonds is 4. The van der Waals surface area contributed by atoms with Crippen LogP contribution in [0.4, 0.5) is 5.69 Å². The molecule has 2 aromatic rings. The number of hydrogen-bond donors (Lipinski definition) is 2. The van der Waals surface area contributed by atoms with Gasteiger partial charge in [-0.3, -0.25) is 4.79 Å². The van der Waals surface area contributed by atoms with Crippen molar-refractivity contribution in [3.8, 4) is 0 Å². The number of carbonyl (C=O) groups excluding carboxylic acids is 1. The van der Waals surface area contributed by atoms with Crippen LogP contribution in [0.2, 0.25) is 0 Å². The van der Waals surface area contributed by atoms with E-state index in [0.717, 1.165) is 5.52 Å². The van der Waals surface area contributed by atoms with Crippen LogP contribution in [-0.2, 0) is 4.79 Å². The zero-order valence-electron chi connectivity index (χ0n) is 9.40. The van der Waals surface area contributed by atoms with Crippen molar-refractivity contribution in [1.29, 1.82) is 0 Å². The highest BCUT2D eigenvalue weighted by atomic mass is 32.2. The molecule has 0 saturated carbocycles. The molecule has 90 valence electrons. The molecular weight excluding hydrogens is 238 g/mol. The Morgan fingerprint density at radius 1 is 1.59 bits per heavy atom. The van der Waals surface area contributed by atoms with E-state index in [0.29, 0.717) is 28.8 Å². The third-order valence-electron chi connectivity index (χ3n) is 2.09. The number of benzene rings is 1. The van der Waals surface area contributed by atoms with Crippen molar-refractivity contribution in [2.45, 2.75) is 12.1 Å². The second-order valence-electron chi connectivity index (χ2n) is 3.45. The average Bonchev–Trinajstić information content (AvgIpc) is 2.68.